The summed E-state index contributed by atoms with van der Waals surface area (Å²) in [5, 5.41) is 8.16. The Morgan fingerprint density at radius 3 is 2.11 bits per heavy atom. The summed E-state index contributed by atoms with van der Waals surface area (Å²) in [5.41, 5.74) is 5.50. The summed E-state index contributed by atoms with van der Waals surface area (Å²) in [7, 11) is 0. The number of halogens is 1. The molecule has 54 valence electrons. The Kier molecular flexibility index (Phi) is 7.52. The molecule has 0 spiro atoms. The van der Waals surface area contributed by atoms with Gasteiger partial charge in [0.15, 0.2) is 0 Å². The standard InChI is InChI=1S/C6H12N2.ClH/c1-5(2)6(8)3-4-7;/h5-6H,3,8H2,1-2H3;1H/t6-;/m1./s1. The van der Waals surface area contributed by atoms with Crippen molar-refractivity contribution in [2.75, 3.05) is 0 Å². The highest BCUT2D eigenvalue weighted by Gasteiger charge is 2.04. The summed E-state index contributed by atoms with van der Waals surface area (Å²) in [5.74, 6) is 0.426. The monoisotopic (exact) mass is 148 g/mol. The molecule has 0 aliphatic rings. The second kappa shape index (κ2) is 5.87. The molecule has 1 atom stereocenters. The van der Waals surface area contributed by atoms with E-state index >= 15 is 0 Å². The average molecular weight is 149 g/mol. The van der Waals surface area contributed by atoms with Crippen LogP contribution in [0.15, 0.2) is 0 Å². The molecule has 0 aromatic heterocycles. The quantitative estimate of drug-likeness (QED) is 0.642. The van der Waals surface area contributed by atoms with Crippen LogP contribution in [0.1, 0.15) is 20.3 Å². The smallest absolute Gasteiger partial charge is 0.0638 e. The van der Waals surface area contributed by atoms with Crippen LogP contribution in [0.4, 0.5) is 0 Å². The number of nitriles is 1. The van der Waals surface area contributed by atoms with Gasteiger partial charge in [-0.2, -0.15) is 5.26 Å². The van der Waals surface area contributed by atoms with E-state index < -0.39 is 0 Å². The van der Waals surface area contributed by atoms with Gasteiger partial charge in [-0.3, -0.25) is 0 Å². The number of nitrogens with zero attached hydrogens (tertiary/aromatic N) is 1. The molecule has 0 amide bonds. The molecule has 0 aliphatic carbocycles. The molecule has 3 heteroatoms. The van der Waals surface area contributed by atoms with E-state index in [1.165, 1.54) is 0 Å². The first kappa shape index (κ1) is 11.5. The zero-order valence-electron chi connectivity index (χ0n) is 5.79. The van der Waals surface area contributed by atoms with Crippen molar-refractivity contribution in [3.05, 3.63) is 0 Å². The van der Waals surface area contributed by atoms with E-state index in [9.17, 15) is 0 Å². The highest BCUT2D eigenvalue weighted by Crippen LogP contribution is 2.00. The third-order valence-corrected chi connectivity index (χ3v) is 1.18. The molecule has 9 heavy (non-hydrogen) atoms. The summed E-state index contributed by atoms with van der Waals surface area (Å²) in [6.07, 6.45) is 0.470. The number of hydrogen-bond donors (Lipinski definition) is 1. The average Bonchev–Trinajstić information content (AvgIpc) is 1.67. The van der Waals surface area contributed by atoms with Crippen LogP contribution in [-0.2, 0) is 0 Å². The maximum absolute atomic E-state index is 8.16. The lowest BCUT2D eigenvalue weighted by Gasteiger charge is -2.09. The lowest BCUT2D eigenvalue weighted by molar-refractivity contribution is 0.501. The molecule has 0 saturated carbocycles. The molecular formula is C6H13ClN2. The summed E-state index contributed by atoms with van der Waals surface area (Å²) in [6, 6.07) is 2.08. The van der Waals surface area contributed by atoms with Gasteiger partial charge in [0, 0.05) is 6.04 Å². The van der Waals surface area contributed by atoms with Crippen LogP contribution in [-0.4, -0.2) is 6.04 Å². The first-order valence-corrected chi connectivity index (χ1v) is 2.81. The fourth-order valence-electron chi connectivity index (χ4n) is 0.341. The highest BCUT2D eigenvalue weighted by molar-refractivity contribution is 5.85. The SMILES string of the molecule is CC(C)[C@H](N)CC#N.Cl. The van der Waals surface area contributed by atoms with Gasteiger partial charge in [-0.15, -0.1) is 12.4 Å². The fourth-order valence-corrected chi connectivity index (χ4v) is 0.341. The van der Waals surface area contributed by atoms with Crippen LogP contribution in [0.3, 0.4) is 0 Å². The molecule has 0 rings (SSSR count). The Bertz CT molecular complexity index is 95.7. The molecule has 0 radical (unpaired) electrons. The van der Waals surface area contributed by atoms with Crippen LogP contribution in [0.2, 0.25) is 0 Å². The van der Waals surface area contributed by atoms with Gasteiger partial charge in [0.25, 0.3) is 0 Å². The third kappa shape index (κ3) is 5.61. The van der Waals surface area contributed by atoms with Crippen LogP contribution in [0, 0.1) is 17.2 Å². The molecule has 0 fully saturated rings. The van der Waals surface area contributed by atoms with Gasteiger partial charge in [0.1, 0.15) is 0 Å². The molecule has 0 bridgehead atoms. The minimum absolute atomic E-state index is 0. The van der Waals surface area contributed by atoms with Crippen LogP contribution >= 0.6 is 12.4 Å². The van der Waals surface area contributed by atoms with E-state index in [-0.39, 0.29) is 18.4 Å². The summed E-state index contributed by atoms with van der Waals surface area (Å²) < 4.78 is 0. The molecule has 0 aromatic rings. The van der Waals surface area contributed by atoms with Gasteiger partial charge in [-0.25, -0.2) is 0 Å². The van der Waals surface area contributed by atoms with E-state index in [0.29, 0.717) is 12.3 Å². The maximum atomic E-state index is 8.16. The Labute approximate surface area is 62.4 Å². The van der Waals surface area contributed by atoms with Crippen LogP contribution in [0.25, 0.3) is 0 Å². The molecule has 2 nitrogen and oxygen atoms in total. The van der Waals surface area contributed by atoms with Gasteiger partial charge >= 0.3 is 0 Å². The van der Waals surface area contributed by atoms with Gasteiger partial charge in [0.2, 0.25) is 0 Å². The van der Waals surface area contributed by atoms with Gasteiger partial charge in [0.05, 0.1) is 12.5 Å². The normalized spacial score (nSPS) is 11.9. The highest BCUT2D eigenvalue weighted by atomic mass is 35.5. The Balaban J connectivity index is 0. The van der Waals surface area contributed by atoms with Crippen molar-refractivity contribution in [3.8, 4) is 6.07 Å². The van der Waals surface area contributed by atoms with Crippen molar-refractivity contribution < 1.29 is 0 Å². The summed E-state index contributed by atoms with van der Waals surface area (Å²) in [4.78, 5) is 0. The maximum Gasteiger partial charge on any atom is 0.0638 e. The zero-order chi connectivity index (χ0) is 6.57. The Morgan fingerprint density at radius 2 is 2.00 bits per heavy atom. The fraction of sp³-hybridized carbons (Fsp3) is 0.833. The van der Waals surface area contributed by atoms with Gasteiger partial charge < -0.3 is 5.73 Å². The predicted octanol–water partition coefficient (Wildman–Crippen LogP) is 1.31. The summed E-state index contributed by atoms with van der Waals surface area (Å²) >= 11 is 0. The second-order valence-electron chi connectivity index (χ2n) is 2.27. The lowest BCUT2D eigenvalue weighted by atomic mass is 10.0. The Morgan fingerprint density at radius 1 is 1.56 bits per heavy atom. The van der Waals surface area contributed by atoms with E-state index in [1.54, 1.807) is 0 Å². The van der Waals surface area contributed by atoms with E-state index in [2.05, 4.69) is 0 Å². The topological polar surface area (TPSA) is 49.8 Å². The van der Waals surface area contributed by atoms with Crippen molar-refractivity contribution in [1.29, 1.82) is 5.26 Å². The summed E-state index contributed by atoms with van der Waals surface area (Å²) in [6.45, 7) is 4.03. The molecule has 0 saturated heterocycles. The van der Waals surface area contributed by atoms with Crippen molar-refractivity contribution in [2.45, 2.75) is 26.3 Å². The molecule has 2 N–H and O–H groups in total. The van der Waals surface area contributed by atoms with Crippen LogP contribution < -0.4 is 5.73 Å². The van der Waals surface area contributed by atoms with Crippen molar-refractivity contribution in [3.63, 3.8) is 0 Å². The van der Waals surface area contributed by atoms with E-state index in [4.69, 9.17) is 11.0 Å². The number of nitrogens with two attached hydrogens (primary N) is 1. The molecular weight excluding hydrogens is 136 g/mol. The molecule has 0 aliphatic heterocycles. The lowest BCUT2D eigenvalue weighted by Crippen LogP contribution is -2.25. The van der Waals surface area contributed by atoms with E-state index in [1.807, 2.05) is 19.9 Å². The van der Waals surface area contributed by atoms with Crippen molar-refractivity contribution in [1.82, 2.24) is 0 Å². The van der Waals surface area contributed by atoms with Crippen LogP contribution in [0.5, 0.6) is 0 Å². The van der Waals surface area contributed by atoms with Gasteiger partial charge in [-0.05, 0) is 5.92 Å². The van der Waals surface area contributed by atoms with Gasteiger partial charge in [-0.1, -0.05) is 13.8 Å². The first-order valence-electron chi connectivity index (χ1n) is 2.81. The largest absolute Gasteiger partial charge is 0.327 e. The first-order chi connectivity index (χ1) is 3.68. The van der Waals surface area contributed by atoms with Crippen molar-refractivity contribution in [2.24, 2.45) is 11.7 Å². The minimum Gasteiger partial charge on any atom is -0.327 e. The molecule has 0 unspecified atom stereocenters. The molecule has 0 aromatic carbocycles. The second-order valence-corrected chi connectivity index (χ2v) is 2.27. The number of hydrogen-bond acceptors (Lipinski definition) is 2. The number of rotatable bonds is 2. The zero-order valence-corrected chi connectivity index (χ0v) is 6.61. The van der Waals surface area contributed by atoms with Crippen molar-refractivity contribution >= 4 is 12.4 Å². The molecule has 0 heterocycles. The predicted molar refractivity (Wildman–Crippen MR) is 40.3 cm³/mol. The van der Waals surface area contributed by atoms with E-state index in [0.717, 1.165) is 0 Å². The Hall–Kier alpha value is -0.260. The third-order valence-electron chi connectivity index (χ3n) is 1.18. The minimum atomic E-state index is 0.